The van der Waals surface area contributed by atoms with Gasteiger partial charge < -0.3 is 4.42 Å². The van der Waals surface area contributed by atoms with Crippen LogP contribution in [-0.2, 0) is 16.6 Å². The molecule has 1 aromatic carbocycles. The van der Waals surface area contributed by atoms with Crippen molar-refractivity contribution in [3.8, 4) is 0 Å². The van der Waals surface area contributed by atoms with Crippen molar-refractivity contribution in [3.05, 3.63) is 58.3 Å². The molecule has 21 heavy (non-hydrogen) atoms. The quantitative estimate of drug-likeness (QED) is 0.622. The van der Waals surface area contributed by atoms with Crippen LogP contribution in [0.2, 0.25) is 0 Å². The van der Waals surface area contributed by atoms with Crippen LogP contribution in [-0.4, -0.2) is 24.7 Å². The van der Waals surface area contributed by atoms with Crippen LogP contribution in [0.25, 0.3) is 0 Å². The van der Waals surface area contributed by atoms with Crippen molar-refractivity contribution in [2.45, 2.75) is 11.4 Å². The second-order valence-corrected chi connectivity index (χ2v) is 6.31. The van der Waals surface area contributed by atoms with Crippen LogP contribution >= 0.6 is 0 Å². The van der Waals surface area contributed by atoms with E-state index in [4.69, 9.17) is 4.42 Å². The molecule has 0 fully saturated rings. The zero-order valence-corrected chi connectivity index (χ0v) is 11.7. The Morgan fingerprint density at radius 1 is 1.38 bits per heavy atom. The van der Waals surface area contributed by atoms with E-state index in [-0.39, 0.29) is 11.4 Å². The predicted molar refractivity (Wildman–Crippen MR) is 70.4 cm³/mol. The lowest BCUT2D eigenvalue weighted by atomic mass is 10.3. The van der Waals surface area contributed by atoms with E-state index in [2.05, 4.69) is 0 Å². The highest BCUT2D eigenvalue weighted by Crippen LogP contribution is 2.23. The molecule has 7 nitrogen and oxygen atoms in total. The maximum absolute atomic E-state index is 13.5. The molecule has 112 valence electrons. The summed E-state index contributed by atoms with van der Waals surface area (Å²) < 4.78 is 43.9. The Morgan fingerprint density at radius 2 is 2.10 bits per heavy atom. The molecule has 0 aliphatic heterocycles. The maximum atomic E-state index is 13.5. The minimum Gasteiger partial charge on any atom is -0.472 e. The Hall–Kier alpha value is -2.26. The molecule has 0 radical (unpaired) electrons. The van der Waals surface area contributed by atoms with Crippen molar-refractivity contribution in [1.29, 1.82) is 0 Å². The highest BCUT2D eigenvalue weighted by molar-refractivity contribution is 7.89. The fourth-order valence-electron chi connectivity index (χ4n) is 1.70. The molecule has 0 unspecified atom stereocenters. The molecule has 2 aromatic rings. The van der Waals surface area contributed by atoms with Crippen LogP contribution in [0.3, 0.4) is 0 Å². The molecule has 9 heteroatoms. The van der Waals surface area contributed by atoms with Crippen molar-refractivity contribution in [2.24, 2.45) is 0 Å². The van der Waals surface area contributed by atoms with E-state index < -0.39 is 26.5 Å². The summed E-state index contributed by atoms with van der Waals surface area (Å²) in [6, 6.07) is 4.07. The number of sulfonamides is 1. The average molecular weight is 314 g/mol. The number of nitrogens with zero attached hydrogens (tertiary/aromatic N) is 2. The summed E-state index contributed by atoms with van der Waals surface area (Å²) in [7, 11) is -2.63. The molecule has 0 N–H and O–H groups in total. The summed E-state index contributed by atoms with van der Waals surface area (Å²) in [5.74, 6) is -1.20. The van der Waals surface area contributed by atoms with E-state index in [0.29, 0.717) is 11.6 Å². The molecule has 2 rings (SSSR count). The third-order valence-electron chi connectivity index (χ3n) is 2.81. The van der Waals surface area contributed by atoms with E-state index in [1.165, 1.54) is 19.6 Å². The average Bonchev–Trinajstić information content (AvgIpc) is 2.90. The molecule has 0 atom stereocenters. The van der Waals surface area contributed by atoms with Crippen LogP contribution in [0.15, 0.2) is 46.1 Å². The zero-order valence-electron chi connectivity index (χ0n) is 10.9. The van der Waals surface area contributed by atoms with Gasteiger partial charge in [-0.3, -0.25) is 10.1 Å². The van der Waals surface area contributed by atoms with Gasteiger partial charge in [0.25, 0.3) is 0 Å². The molecule has 0 saturated carbocycles. The Balaban J connectivity index is 2.31. The summed E-state index contributed by atoms with van der Waals surface area (Å²) in [4.78, 5) is 9.26. The largest absolute Gasteiger partial charge is 0.472 e. The summed E-state index contributed by atoms with van der Waals surface area (Å²) in [6.45, 7) is 0.0391. The van der Waals surface area contributed by atoms with E-state index >= 15 is 0 Å². The molecular weight excluding hydrogens is 303 g/mol. The summed E-state index contributed by atoms with van der Waals surface area (Å²) >= 11 is 0. The molecular formula is C12H11FN2O5S. The zero-order chi connectivity index (χ0) is 15.6. The highest BCUT2D eigenvalue weighted by atomic mass is 32.2. The fourth-order valence-corrected chi connectivity index (χ4v) is 2.87. The Kier molecular flexibility index (Phi) is 4.05. The lowest BCUT2D eigenvalue weighted by molar-refractivity contribution is -0.387. The molecule has 0 amide bonds. The predicted octanol–water partition coefficient (Wildman–Crippen LogP) is 2.15. The maximum Gasteiger partial charge on any atom is 0.304 e. The molecule has 0 saturated heterocycles. The number of hydrogen-bond donors (Lipinski definition) is 0. The first kappa shape index (κ1) is 15.1. The molecule has 0 bridgehead atoms. The first-order valence-corrected chi connectivity index (χ1v) is 7.17. The molecule has 1 aromatic heterocycles. The number of hydrogen-bond acceptors (Lipinski definition) is 5. The lowest BCUT2D eigenvalue weighted by Crippen LogP contribution is -2.26. The van der Waals surface area contributed by atoms with Gasteiger partial charge in [0.05, 0.1) is 22.3 Å². The van der Waals surface area contributed by atoms with Gasteiger partial charge in [-0.25, -0.2) is 8.42 Å². The van der Waals surface area contributed by atoms with Gasteiger partial charge in [-0.1, -0.05) is 0 Å². The Morgan fingerprint density at radius 3 is 2.62 bits per heavy atom. The van der Waals surface area contributed by atoms with Crippen LogP contribution < -0.4 is 0 Å². The van der Waals surface area contributed by atoms with Gasteiger partial charge >= 0.3 is 5.69 Å². The normalized spacial score (nSPS) is 11.8. The monoisotopic (exact) mass is 314 g/mol. The van der Waals surface area contributed by atoms with Crippen LogP contribution in [0.4, 0.5) is 10.1 Å². The van der Waals surface area contributed by atoms with E-state index in [1.807, 2.05) is 0 Å². The van der Waals surface area contributed by atoms with E-state index in [9.17, 15) is 22.9 Å². The van der Waals surface area contributed by atoms with Crippen LogP contribution in [0.1, 0.15) is 5.56 Å². The van der Waals surface area contributed by atoms with Gasteiger partial charge in [0, 0.05) is 31.3 Å². The first-order valence-electron chi connectivity index (χ1n) is 5.73. The smallest absolute Gasteiger partial charge is 0.304 e. The summed E-state index contributed by atoms with van der Waals surface area (Å²) in [6.07, 6.45) is 2.80. The number of benzene rings is 1. The molecule has 0 aliphatic carbocycles. The second kappa shape index (κ2) is 5.62. The van der Waals surface area contributed by atoms with E-state index in [1.54, 1.807) is 6.07 Å². The van der Waals surface area contributed by atoms with Crippen molar-refractivity contribution < 1.29 is 22.1 Å². The number of furan rings is 1. The van der Waals surface area contributed by atoms with Crippen molar-refractivity contribution >= 4 is 15.7 Å². The number of nitro groups is 1. The number of nitro benzene ring substituents is 1. The Bertz CT molecular complexity index is 758. The van der Waals surface area contributed by atoms with Gasteiger partial charge in [0.1, 0.15) is 0 Å². The third kappa shape index (κ3) is 3.09. The SMILES string of the molecule is CN(Cc1ccoc1)S(=O)(=O)c1ccc([N+](=O)[O-])c(F)c1. The lowest BCUT2D eigenvalue weighted by Gasteiger charge is -2.16. The second-order valence-electron chi connectivity index (χ2n) is 4.26. The minimum absolute atomic E-state index is 0.0391. The van der Waals surface area contributed by atoms with Crippen LogP contribution in [0.5, 0.6) is 0 Å². The van der Waals surface area contributed by atoms with Crippen molar-refractivity contribution in [1.82, 2.24) is 4.31 Å². The standard InChI is InChI=1S/C12H11FN2O5S/c1-14(7-9-4-5-20-8-9)21(18,19)10-2-3-12(15(16)17)11(13)6-10/h2-6,8H,7H2,1H3. The number of halogens is 1. The van der Waals surface area contributed by atoms with Gasteiger partial charge in [-0.2, -0.15) is 8.70 Å². The van der Waals surface area contributed by atoms with Gasteiger partial charge in [0.15, 0.2) is 0 Å². The first-order chi connectivity index (χ1) is 9.82. The molecule has 0 spiro atoms. The summed E-state index contributed by atoms with van der Waals surface area (Å²) in [5.41, 5.74) is -0.144. The summed E-state index contributed by atoms with van der Waals surface area (Å²) in [5, 5.41) is 10.5. The number of rotatable bonds is 5. The van der Waals surface area contributed by atoms with Crippen molar-refractivity contribution in [3.63, 3.8) is 0 Å². The van der Waals surface area contributed by atoms with Crippen LogP contribution in [0, 0.1) is 15.9 Å². The minimum atomic E-state index is -3.95. The van der Waals surface area contributed by atoms with Gasteiger partial charge in [-0.15, -0.1) is 0 Å². The highest BCUT2D eigenvalue weighted by Gasteiger charge is 2.24. The molecule has 1 heterocycles. The Labute approximate surface area is 119 Å². The van der Waals surface area contributed by atoms with Gasteiger partial charge in [-0.05, 0) is 12.1 Å². The van der Waals surface area contributed by atoms with Crippen molar-refractivity contribution in [2.75, 3.05) is 7.05 Å². The topological polar surface area (TPSA) is 93.7 Å². The third-order valence-corrected chi connectivity index (χ3v) is 4.61. The molecule has 0 aliphatic rings. The van der Waals surface area contributed by atoms with E-state index in [0.717, 1.165) is 16.4 Å². The fraction of sp³-hybridized carbons (Fsp3) is 0.167. The van der Waals surface area contributed by atoms with Gasteiger partial charge in [0.2, 0.25) is 15.8 Å².